The number of fused-ring (bicyclic) bond motifs is 2. The third-order valence-electron chi connectivity index (χ3n) is 9.61. The highest BCUT2D eigenvalue weighted by Gasteiger charge is 2.84. The number of aliphatic hydroxyl groups is 1. The maximum Gasteiger partial charge on any atom is 0.332 e. The Morgan fingerprint density at radius 1 is 1.00 bits per heavy atom. The zero-order chi connectivity index (χ0) is 18.8. The number of carbonyl (C=O) groups excluding carboxylic acids is 1. The highest BCUT2D eigenvalue weighted by atomic mass is 16.7. The lowest BCUT2D eigenvalue weighted by molar-refractivity contribution is -0.331. The lowest BCUT2D eigenvalue weighted by Gasteiger charge is -2.58. The molecule has 4 aliphatic rings. The van der Waals surface area contributed by atoms with Gasteiger partial charge in [-0.15, -0.1) is 0 Å². The van der Waals surface area contributed by atoms with Gasteiger partial charge in [-0.2, -0.15) is 0 Å². The Labute approximate surface area is 158 Å². The predicted molar refractivity (Wildman–Crippen MR) is 102 cm³/mol. The molecule has 0 aromatic rings. The zero-order valence-electron chi connectivity index (χ0n) is 16.9. The molecule has 0 aromatic heterocycles. The van der Waals surface area contributed by atoms with Crippen molar-refractivity contribution in [3.05, 3.63) is 12.7 Å². The normalized spacial score (nSPS) is 41.6. The van der Waals surface area contributed by atoms with Crippen LogP contribution in [0.15, 0.2) is 12.7 Å². The molecular formula is C23H36O3. The van der Waals surface area contributed by atoms with E-state index in [2.05, 4.69) is 27.4 Å². The van der Waals surface area contributed by atoms with Crippen molar-refractivity contribution in [1.82, 2.24) is 0 Å². The van der Waals surface area contributed by atoms with Gasteiger partial charge in [0.2, 0.25) is 5.79 Å². The van der Waals surface area contributed by atoms with Crippen LogP contribution in [-0.4, -0.2) is 16.9 Å². The predicted octanol–water partition coefficient (Wildman–Crippen LogP) is 5.23. The van der Waals surface area contributed by atoms with E-state index in [0.717, 1.165) is 12.8 Å². The second-order valence-corrected chi connectivity index (χ2v) is 10.3. The van der Waals surface area contributed by atoms with Gasteiger partial charge in [0.1, 0.15) is 0 Å². The number of esters is 1. The van der Waals surface area contributed by atoms with Crippen LogP contribution >= 0.6 is 0 Å². The summed E-state index contributed by atoms with van der Waals surface area (Å²) in [4.78, 5) is 12.4. The summed E-state index contributed by atoms with van der Waals surface area (Å²) >= 11 is 0. The summed E-state index contributed by atoms with van der Waals surface area (Å²) in [5.74, 6) is -0.465. The van der Waals surface area contributed by atoms with E-state index in [1.54, 1.807) is 0 Å². The van der Waals surface area contributed by atoms with Gasteiger partial charge < -0.3 is 9.84 Å². The summed E-state index contributed by atoms with van der Waals surface area (Å²) in [5.41, 5.74) is -0.710. The Morgan fingerprint density at radius 2 is 1.50 bits per heavy atom. The molecule has 146 valence electrons. The van der Waals surface area contributed by atoms with Crippen molar-refractivity contribution >= 4 is 5.97 Å². The third-order valence-corrected chi connectivity index (χ3v) is 9.61. The average molecular weight is 361 g/mol. The van der Waals surface area contributed by atoms with E-state index >= 15 is 0 Å². The molecule has 0 spiro atoms. The van der Waals surface area contributed by atoms with Crippen LogP contribution in [0.4, 0.5) is 0 Å². The summed E-state index contributed by atoms with van der Waals surface area (Å²) in [6, 6.07) is 0. The van der Waals surface area contributed by atoms with Gasteiger partial charge in [-0.05, 0) is 61.7 Å². The zero-order valence-corrected chi connectivity index (χ0v) is 16.9. The van der Waals surface area contributed by atoms with Crippen LogP contribution in [0.1, 0.15) is 85.0 Å². The van der Waals surface area contributed by atoms with E-state index in [1.165, 1.54) is 57.4 Å². The number of hydrogen-bond acceptors (Lipinski definition) is 3. The molecule has 1 N–H and O–H groups in total. The molecule has 3 heteroatoms. The number of hydrogen-bond donors (Lipinski definition) is 1. The monoisotopic (exact) mass is 360 g/mol. The van der Waals surface area contributed by atoms with Gasteiger partial charge >= 0.3 is 5.97 Å². The van der Waals surface area contributed by atoms with Gasteiger partial charge in [0, 0.05) is 16.9 Å². The van der Waals surface area contributed by atoms with Gasteiger partial charge in [0.25, 0.3) is 0 Å². The Balaban J connectivity index is 1.93. The molecule has 4 fully saturated rings. The van der Waals surface area contributed by atoms with E-state index in [-0.39, 0.29) is 10.8 Å². The second kappa shape index (κ2) is 5.83. The van der Waals surface area contributed by atoms with E-state index in [0.29, 0.717) is 17.8 Å². The van der Waals surface area contributed by atoms with E-state index in [1.807, 2.05) is 0 Å². The quantitative estimate of drug-likeness (QED) is 0.424. The molecule has 2 bridgehead atoms. The Kier molecular flexibility index (Phi) is 4.16. The maximum absolute atomic E-state index is 12.4. The van der Waals surface area contributed by atoms with Gasteiger partial charge in [0.15, 0.2) is 0 Å². The molecule has 0 heterocycles. The van der Waals surface area contributed by atoms with Crippen molar-refractivity contribution in [2.45, 2.75) is 90.8 Å². The van der Waals surface area contributed by atoms with Crippen LogP contribution in [0.5, 0.6) is 0 Å². The lowest BCUT2D eigenvalue weighted by Crippen LogP contribution is -2.64. The molecule has 0 aliphatic heterocycles. The molecule has 3 nitrogen and oxygen atoms in total. The third kappa shape index (κ3) is 1.91. The molecular weight excluding hydrogens is 324 g/mol. The van der Waals surface area contributed by atoms with Crippen LogP contribution in [0.2, 0.25) is 0 Å². The van der Waals surface area contributed by atoms with Crippen LogP contribution in [0.25, 0.3) is 0 Å². The minimum absolute atomic E-state index is 0.0334. The van der Waals surface area contributed by atoms with Crippen molar-refractivity contribution in [3.63, 3.8) is 0 Å². The molecule has 26 heavy (non-hydrogen) atoms. The van der Waals surface area contributed by atoms with Crippen LogP contribution in [0.3, 0.4) is 0 Å². The lowest BCUT2D eigenvalue weighted by atomic mass is 9.52. The fourth-order valence-corrected chi connectivity index (χ4v) is 8.31. The fraction of sp³-hybridized carbons (Fsp3) is 0.870. The van der Waals surface area contributed by atoms with Gasteiger partial charge in [0.05, 0.1) is 0 Å². The molecule has 0 saturated heterocycles. The summed E-state index contributed by atoms with van der Waals surface area (Å²) in [7, 11) is 0. The first-order valence-electron chi connectivity index (χ1n) is 10.8. The Hall–Kier alpha value is -0.830. The average Bonchev–Trinajstić information content (AvgIpc) is 3.34. The van der Waals surface area contributed by atoms with Gasteiger partial charge in [-0.25, -0.2) is 4.79 Å². The number of ether oxygens (including phenoxy) is 1. The first-order valence-corrected chi connectivity index (χ1v) is 10.8. The van der Waals surface area contributed by atoms with Crippen molar-refractivity contribution in [2.24, 2.45) is 34.0 Å². The number of carbonyl (C=O) groups is 1. The SMILES string of the molecule is C=CC(=O)O[C@]1(O)C(C2CCCC2)(C2CCCC2)[C@@H]2CC[C@]1(C)C2(C)C. The minimum atomic E-state index is -1.37. The summed E-state index contributed by atoms with van der Waals surface area (Å²) in [5, 5.41) is 12.4. The molecule has 0 amide bonds. The van der Waals surface area contributed by atoms with Crippen molar-refractivity contribution < 1.29 is 14.6 Å². The first kappa shape index (κ1) is 18.5. The Morgan fingerprint density at radius 3 is 1.96 bits per heavy atom. The molecule has 4 saturated carbocycles. The summed E-state index contributed by atoms with van der Waals surface area (Å²) in [6.45, 7) is 10.4. The molecule has 4 aliphatic carbocycles. The molecule has 3 atom stereocenters. The molecule has 4 rings (SSSR count). The van der Waals surface area contributed by atoms with Crippen molar-refractivity contribution in [2.75, 3.05) is 0 Å². The fourth-order valence-electron chi connectivity index (χ4n) is 8.31. The summed E-state index contributed by atoms with van der Waals surface area (Å²) < 4.78 is 6.06. The Bertz CT molecular complexity index is 581. The largest absolute Gasteiger partial charge is 0.429 e. The number of rotatable bonds is 4. The summed E-state index contributed by atoms with van der Waals surface area (Å²) in [6.07, 6.45) is 13.0. The standard InChI is InChI=1S/C23H36O3/c1-5-19(24)26-23(25)21(4)15-14-18(20(21,2)3)22(23,16-10-6-7-11-16)17-12-8-9-13-17/h5,16-18,25H,1,6-15H2,2-4H3/t18-,21-,23+/m1/s1. The van der Waals surface area contributed by atoms with Crippen LogP contribution in [-0.2, 0) is 9.53 Å². The topological polar surface area (TPSA) is 46.5 Å². The maximum atomic E-state index is 12.4. The van der Waals surface area contributed by atoms with Crippen LogP contribution in [0, 0.1) is 34.0 Å². The van der Waals surface area contributed by atoms with Gasteiger partial charge in [-0.3, -0.25) is 0 Å². The molecule has 0 aromatic carbocycles. The highest BCUT2D eigenvalue weighted by molar-refractivity contribution is 5.81. The van der Waals surface area contributed by atoms with E-state index in [4.69, 9.17) is 4.74 Å². The van der Waals surface area contributed by atoms with Gasteiger partial charge in [-0.1, -0.05) is 53.0 Å². The van der Waals surface area contributed by atoms with Crippen molar-refractivity contribution in [3.8, 4) is 0 Å². The highest BCUT2D eigenvalue weighted by Crippen LogP contribution is 2.82. The van der Waals surface area contributed by atoms with Crippen molar-refractivity contribution in [1.29, 1.82) is 0 Å². The minimum Gasteiger partial charge on any atom is -0.429 e. The smallest absolute Gasteiger partial charge is 0.332 e. The van der Waals surface area contributed by atoms with E-state index < -0.39 is 17.2 Å². The first-order chi connectivity index (χ1) is 12.3. The van der Waals surface area contributed by atoms with E-state index in [9.17, 15) is 9.90 Å². The molecule has 0 unspecified atom stereocenters. The van der Waals surface area contributed by atoms with Crippen LogP contribution < -0.4 is 0 Å². The second-order valence-electron chi connectivity index (χ2n) is 10.3. The molecule has 0 radical (unpaired) electrons.